The number of ketones is 1. The molecule has 1 aliphatic heterocycles. The van der Waals surface area contributed by atoms with Crippen LogP contribution in [0.25, 0.3) is 18.2 Å². The molecule has 3 aromatic carbocycles. The molecule has 1 amide bonds. The number of para-hydroxylation sites is 1. The van der Waals surface area contributed by atoms with Crippen LogP contribution in [0, 0.1) is 10.4 Å². The highest BCUT2D eigenvalue weighted by atomic mass is 35.5. The van der Waals surface area contributed by atoms with Crippen LogP contribution in [0.15, 0.2) is 72.9 Å². The van der Waals surface area contributed by atoms with Crippen LogP contribution in [0.3, 0.4) is 0 Å². The van der Waals surface area contributed by atoms with E-state index in [4.69, 9.17) is 16.7 Å². The normalized spacial score (nSPS) is 14.7. The Labute approximate surface area is 201 Å². The van der Waals surface area contributed by atoms with E-state index in [0.29, 0.717) is 10.7 Å². The molecule has 0 atom stereocenters. The van der Waals surface area contributed by atoms with Crippen molar-refractivity contribution in [2.24, 2.45) is 0 Å². The molecule has 3 aliphatic rings. The molecule has 0 saturated heterocycles. The maximum Gasteiger partial charge on any atom is 0.415 e. The van der Waals surface area contributed by atoms with E-state index in [1.807, 2.05) is 48.6 Å². The van der Waals surface area contributed by atoms with Crippen molar-refractivity contribution in [3.63, 3.8) is 0 Å². The third-order valence-corrected chi connectivity index (χ3v) is 6.56. The fourth-order valence-corrected chi connectivity index (χ4v) is 4.91. The number of amides is 1. The minimum absolute atomic E-state index is 0.0905. The van der Waals surface area contributed by atoms with Gasteiger partial charge in [0.25, 0.3) is 0 Å². The Morgan fingerprint density at radius 1 is 0.971 bits per heavy atom. The quantitative estimate of drug-likeness (QED) is 0.479. The zero-order valence-corrected chi connectivity index (χ0v) is 19.1. The molecule has 0 fully saturated rings. The van der Waals surface area contributed by atoms with E-state index in [-0.39, 0.29) is 5.78 Å². The highest BCUT2D eigenvalue weighted by molar-refractivity contribution is 6.31. The van der Waals surface area contributed by atoms with Gasteiger partial charge < -0.3 is 5.11 Å². The predicted octanol–water partition coefficient (Wildman–Crippen LogP) is 5.43. The zero-order valence-electron chi connectivity index (χ0n) is 18.4. The Morgan fingerprint density at radius 3 is 2.68 bits per heavy atom. The number of carbonyl (C=O) groups is 2. The van der Waals surface area contributed by atoms with Gasteiger partial charge in [0.2, 0.25) is 0 Å². The molecule has 0 unspecified atom stereocenters. The monoisotopic (exact) mass is 467 g/mol. The van der Waals surface area contributed by atoms with Gasteiger partial charge in [-0.25, -0.2) is 4.79 Å². The molecule has 2 aliphatic carbocycles. The summed E-state index contributed by atoms with van der Waals surface area (Å²) < 4.78 is 0. The number of hydrogen-bond acceptors (Lipinski definition) is 2. The van der Waals surface area contributed by atoms with Crippen molar-refractivity contribution in [1.82, 2.24) is 0 Å². The molecule has 1 N–H and O–H groups in total. The molecular weight excluding hydrogens is 446 g/mol. The number of fused-ring (bicyclic) bond motifs is 5. The number of carbonyl (C=O) groups excluding carboxylic acids is 1. The van der Waals surface area contributed by atoms with Gasteiger partial charge in [-0.1, -0.05) is 72.3 Å². The Morgan fingerprint density at radius 2 is 1.82 bits per heavy atom. The second kappa shape index (κ2) is 9.16. The van der Waals surface area contributed by atoms with Crippen LogP contribution in [-0.4, -0.2) is 17.0 Å². The minimum Gasteiger partial charge on any atom is -0.464 e. The highest BCUT2D eigenvalue weighted by Gasteiger charge is 2.18. The summed E-state index contributed by atoms with van der Waals surface area (Å²) in [6.07, 6.45) is 13.1. The van der Waals surface area contributed by atoms with Gasteiger partial charge in [0.1, 0.15) is 0 Å². The van der Waals surface area contributed by atoms with Gasteiger partial charge in [-0.3, -0.25) is 9.69 Å². The van der Waals surface area contributed by atoms with Crippen LogP contribution >= 0.6 is 11.6 Å². The molecule has 0 bridgehead atoms. The summed E-state index contributed by atoms with van der Waals surface area (Å²) in [6, 6.07) is 17.4. The first-order valence-corrected chi connectivity index (χ1v) is 11.6. The Kier molecular flexibility index (Phi) is 5.91. The van der Waals surface area contributed by atoms with Gasteiger partial charge >= 0.3 is 6.09 Å². The van der Waals surface area contributed by atoms with Crippen LogP contribution in [0.1, 0.15) is 34.3 Å². The molecule has 3 aromatic rings. The Hall–Kier alpha value is -3.89. The van der Waals surface area contributed by atoms with Crippen LogP contribution in [0.5, 0.6) is 0 Å². The molecule has 4 nitrogen and oxygen atoms in total. The SMILES string of the molecule is O=C(O)N1C=CC=Cc2ccccc21.O=C1C=c2c(Cl)cccc2=c2ccc3c(c21)CCCC=3. The summed E-state index contributed by atoms with van der Waals surface area (Å²) in [7, 11) is 0. The lowest BCUT2D eigenvalue weighted by molar-refractivity contribution is 0.105. The molecule has 0 spiro atoms. The standard InChI is InChI=1S/C18H13ClO.C11H9NO2/c19-16-7-3-6-13-14-9-8-11-4-1-2-5-12(11)18(14)17(20)10-15(13)16;13-11(14)12-8-4-3-6-9-5-1-2-7-10(9)12/h3-4,6-10H,1-2,5H2;1-8H,(H,13,14). The van der Waals surface area contributed by atoms with Gasteiger partial charge in [-0.15, -0.1) is 0 Å². The topological polar surface area (TPSA) is 57.6 Å². The van der Waals surface area contributed by atoms with Gasteiger partial charge in [-0.2, -0.15) is 0 Å². The lowest BCUT2D eigenvalue weighted by Gasteiger charge is -2.15. The van der Waals surface area contributed by atoms with Crippen molar-refractivity contribution >= 4 is 47.4 Å². The zero-order chi connectivity index (χ0) is 23.7. The van der Waals surface area contributed by atoms with Crippen molar-refractivity contribution in [3.8, 4) is 0 Å². The van der Waals surface area contributed by atoms with E-state index in [1.165, 1.54) is 21.9 Å². The third-order valence-electron chi connectivity index (χ3n) is 6.23. The predicted molar refractivity (Wildman–Crippen MR) is 136 cm³/mol. The summed E-state index contributed by atoms with van der Waals surface area (Å²) in [4.78, 5) is 24.7. The summed E-state index contributed by atoms with van der Waals surface area (Å²) in [5.74, 6) is 0.0905. The van der Waals surface area contributed by atoms with Crippen molar-refractivity contribution in [3.05, 3.63) is 116 Å². The number of anilines is 1. The van der Waals surface area contributed by atoms with Crippen LogP contribution in [-0.2, 0) is 6.42 Å². The van der Waals surface area contributed by atoms with E-state index in [9.17, 15) is 9.59 Å². The number of carboxylic acid groups (broad SMARTS) is 1. The van der Waals surface area contributed by atoms with Crippen LogP contribution in [0.2, 0.25) is 5.02 Å². The number of rotatable bonds is 0. The highest BCUT2D eigenvalue weighted by Crippen LogP contribution is 2.24. The van der Waals surface area contributed by atoms with Crippen molar-refractivity contribution in [2.75, 3.05) is 4.90 Å². The first-order valence-electron chi connectivity index (χ1n) is 11.2. The maximum atomic E-state index is 12.5. The third kappa shape index (κ3) is 3.97. The number of benzene rings is 3. The molecule has 1 heterocycles. The summed E-state index contributed by atoms with van der Waals surface area (Å²) in [5.41, 5.74) is 3.68. The van der Waals surface area contributed by atoms with Gasteiger partial charge in [0.05, 0.1) is 5.69 Å². The van der Waals surface area contributed by atoms with E-state index in [2.05, 4.69) is 18.2 Å². The average molecular weight is 468 g/mol. The van der Waals surface area contributed by atoms with Gasteiger partial charge in [-0.05, 0) is 70.3 Å². The van der Waals surface area contributed by atoms with E-state index in [0.717, 1.165) is 46.0 Å². The second-order valence-corrected chi connectivity index (χ2v) is 8.68. The summed E-state index contributed by atoms with van der Waals surface area (Å²) >= 11 is 6.23. The molecule has 0 aromatic heterocycles. The Balaban J connectivity index is 0.000000152. The molecule has 0 radical (unpaired) electrons. The Bertz CT molecular complexity index is 1600. The van der Waals surface area contributed by atoms with Crippen molar-refractivity contribution in [1.29, 1.82) is 0 Å². The molecule has 0 saturated carbocycles. The first kappa shape index (κ1) is 21.9. The maximum absolute atomic E-state index is 12.5. The number of hydrogen-bond donors (Lipinski definition) is 1. The smallest absolute Gasteiger partial charge is 0.415 e. The van der Waals surface area contributed by atoms with Gasteiger partial charge in [0, 0.05) is 22.0 Å². The first-order chi connectivity index (χ1) is 16.5. The second-order valence-electron chi connectivity index (χ2n) is 8.27. The molecule has 168 valence electrons. The molecule has 6 rings (SSSR count). The molecule has 5 heteroatoms. The number of Topliss-reactive ketones (excluding diaryl/α,β-unsaturated/α-hetero) is 1. The summed E-state index contributed by atoms with van der Waals surface area (Å²) in [5, 5.41) is 13.8. The van der Waals surface area contributed by atoms with E-state index < -0.39 is 6.09 Å². The minimum atomic E-state index is -0.975. The summed E-state index contributed by atoms with van der Waals surface area (Å²) in [6.45, 7) is 0. The van der Waals surface area contributed by atoms with E-state index >= 15 is 0 Å². The van der Waals surface area contributed by atoms with Crippen molar-refractivity contribution in [2.45, 2.75) is 19.3 Å². The van der Waals surface area contributed by atoms with Crippen molar-refractivity contribution < 1.29 is 14.7 Å². The lowest BCUT2D eigenvalue weighted by Crippen LogP contribution is -2.23. The molecular formula is C29H22ClNO3. The fourth-order valence-electron chi connectivity index (χ4n) is 4.68. The largest absolute Gasteiger partial charge is 0.464 e. The average Bonchev–Trinajstić information content (AvgIpc) is 3.08. The number of halogens is 1. The number of allylic oxidation sites excluding steroid dienone is 2. The number of nitrogens with zero attached hydrogens (tertiary/aromatic N) is 1. The molecule has 34 heavy (non-hydrogen) atoms. The van der Waals surface area contributed by atoms with Crippen LogP contribution in [0.4, 0.5) is 10.5 Å². The fraction of sp³-hybridized carbons (Fsp3) is 0.103. The van der Waals surface area contributed by atoms with Crippen LogP contribution < -0.4 is 15.3 Å². The van der Waals surface area contributed by atoms with Gasteiger partial charge in [0.15, 0.2) is 5.78 Å². The van der Waals surface area contributed by atoms with E-state index in [1.54, 1.807) is 18.2 Å². The lowest BCUT2D eigenvalue weighted by atomic mass is 9.88.